The topological polar surface area (TPSA) is 42.0 Å². The van der Waals surface area contributed by atoms with Crippen molar-refractivity contribution in [2.45, 2.75) is 19.3 Å². The number of thiophene rings is 1. The van der Waals surface area contributed by atoms with Gasteiger partial charge in [-0.3, -0.25) is 10.1 Å². The molecule has 21 heavy (non-hydrogen) atoms. The predicted octanol–water partition coefficient (Wildman–Crippen LogP) is 4.75. The summed E-state index contributed by atoms with van der Waals surface area (Å²) in [7, 11) is 0. The fourth-order valence-electron chi connectivity index (χ4n) is 2.55. The Kier molecular flexibility index (Phi) is 3.21. The van der Waals surface area contributed by atoms with Gasteiger partial charge in [-0.2, -0.15) is 0 Å². The number of halogens is 1. The molecule has 1 amide bonds. The van der Waals surface area contributed by atoms with Crippen LogP contribution in [-0.2, 0) is 12.8 Å². The maximum Gasteiger partial charge on any atom is 0.267 e. The number of carbonyl (C=O) groups excluding carboxylic acids is 1. The number of benzene rings is 1. The molecule has 1 N–H and O–H groups in total. The molecule has 1 aromatic carbocycles. The van der Waals surface area contributed by atoms with Crippen LogP contribution in [-0.4, -0.2) is 10.9 Å². The lowest BCUT2D eigenvalue weighted by Gasteiger charge is -1.97. The van der Waals surface area contributed by atoms with Crippen molar-refractivity contribution >= 4 is 55.5 Å². The number of amides is 1. The second-order valence-electron chi connectivity index (χ2n) is 5.00. The Labute approximate surface area is 134 Å². The lowest BCUT2D eigenvalue weighted by atomic mass is 10.2. The van der Waals surface area contributed by atoms with E-state index < -0.39 is 0 Å². The average Bonchev–Trinajstić information content (AvgIpc) is 3.09. The second-order valence-corrected chi connectivity index (χ2v) is 7.60. The summed E-state index contributed by atoms with van der Waals surface area (Å²) in [4.78, 5) is 18.9. The molecule has 0 saturated carbocycles. The quantitative estimate of drug-likeness (QED) is 0.734. The smallest absolute Gasteiger partial charge is 0.267 e. The van der Waals surface area contributed by atoms with Gasteiger partial charge in [0, 0.05) is 9.90 Å². The van der Waals surface area contributed by atoms with Gasteiger partial charge in [-0.25, -0.2) is 4.98 Å². The van der Waals surface area contributed by atoms with Crippen molar-refractivity contribution in [1.82, 2.24) is 4.98 Å². The van der Waals surface area contributed by atoms with Gasteiger partial charge in [0.2, 0.25) is 0 Å². The number of rotatable bonds is 2. The molecule has 0 bridgehead atoms. The first-order chi connectivity index (χ1) is 10.2. The van der Waals surface area contributed by atoms with Gasteiger partial charge in [0.05, 0.1) is 15.1 Å². The van der Waals surface area contributed by atoms with Crippen molar-refractivity contribution in [2.24, 2.45) is 0 Å². The zero-order valence-electron chi connectivity index (χ0n) is 11.0. The van der Waals surface area contributed by atoms with E-state index in [1.165, 1.54) is 28.2 Å². The van der Waals surface area contributed by atoms with E-state index in [0.29, 0.717) is 10.2 Å². The highest BCUT2D eigenvalue weighted by molar-refractivity contribution is 7.22. The zero-order valence-corrected chi connectivity index (χ0v) is 13.4. The van der Waals surface area contributed by atoms with E-state index >= 15 is 0 Å². The Hall–Kier alpha value is -1.43. The number of aromatic nitrogens is 1. The highest BCUT2D eigenvalue weighted by Crippen LogP contribution is 2.32. The standard InChI is InChI=1S/C15H11ClN2OS2/c16-9-4-5-10-12(7-9)21-15(17-10)18-14(19)13-6-8-2-1-3-11(8)20-13/h4-7H,1-3H2,(H,17,18,19). The van der Waals surface area contributed by atoms with Gasteiger partial charge < -0.3 is 0 Å². The van der Waals surface area contributed by atoms with Gasteiger partial charge in [0.1, 0.15) is 0 Å². The van der Waals surface area contributed by atoms with Crippen molar-refractivity contribution in [1.29, 1.82) is 0 Å². The van der Waals surface area contributed by atoms with Crippen LogP contribution in [0.2, 0.25) is 5.02 Å². The fraction of sp³-hybridized carbons (Fsp3) is 0.200. The van der Waals surface area contributed by atoms with E-state index in [4.69, 9.17) is 11.6 Å². The van der Waals surface area contributed by atoms with Crippen LogP contribution in [0.15, 0.2) is 24.3 Å². The molecule has 0 spiro atoms. The van der Waals surface area contributed by atoms with E-state index in [9.17, 15) is 4.79 Å². The Morgan fingerprint density at radius 2 is 2.14 bits per heavy atom. The van der Waals surface area contributed by atoms with Gasteiger partial charge in [0.25, 0.3) is 5.91 Å². The molecule has 3 aromatic rings. The van der Waals surface area contributed by atoms with Gasteiger partial charge in [-0.15, -0.1) is 11.3 Å². The van der Waals surface area contributed by atoms with Gasteiger partial charge in [-0.1, -0.05) is 22.9 Å². The molecular formula is C15H11ClN2OS2. The molecule has 0 atom stereocenters. The normalized spacial score (nSPS) is 13.6. The van der Waals surface area contributed by atoms with Crippen LogP contribution in [0.4, 0.5) is 5.13 Å². The van der Waals surface area contributed by atoms with E-state index in [1.807, 2.05) is 18.2 Å². The van der Waals surface area contributed by atoms with Gasteiger partial charge in [-0.05, 0) is 49.1 Å². The van der Waals surface area contributed by atoms with Crippen LogP contribution < -0.4 is 5.32 Å². The number of nitrogens with zero attached hydrogens (tertiary/aromatic N) is 1. The summed E-state index contributed by atoms with van der Waals surface area (Å²) in [5, 5.41) is 4.19. The first-order valence-electron chi connectivity index (χ1n) is 6.68. The largest absolute Gasteiger partial charge is 0.297 e. The number of fused-ring (bicyclic) bond motifs is 2. The average molecular weight is 335 g/mol. The molecular weight excluding hydrogens is 324 g/mol. The number of aryl methyl sites for hydroxylation is 2. The van der Waals surface area contributed by atoms with Gasteiger partial charge in [0.15, 0.2) is 5.13 Å². The summed E-state index contributed by atoms with van der Waals surface area (Å²) in [6.45, 7) is 0. The fourth-order valence-corrected chi connectivity index (χ4v) is 4.84. The molecule has 0 aliphatic heterocycles. The molecule has 0 unspecified atom stereocenters. The third kappa shape index (κ3) is 2.46. The maximum absolute atomic E-state index is 12.3. The van der Waals surface area contributed by atoms with Crippen LogP contribution in [0.1, 0.15) is 26.5 Å². The Morgan fingerprint density at radius 1 is 1.24 bits per heavy atom. The number of carbonyl (C=O) groups is 1. The molecule has 1 aliphatic carbocycles. The third-order valence-corrected chi connectivity index (χ3v) is 5.95. The van der Waals surface area contributed by atoms with Crippen molar-refractivity contribution in [2.75, 3.05) is 5.32 Å². The minimum absolute atomic E-state index is 0.0699. The lowest BCUT2D eigenvalue weighted by Crippen LogP contribution is -2.09. The van der Waals surface area contributed by atoms with Crippen LogP contribution in [0.3, 0.4) is 0 Å². The number of thiazole rings is 1. The molecule has 2 aromatic heterocycles. The molecule has 1 aliphatic rings. The van der Waals surface area contributed by atoms with Crippen molar-refractivity contribution in [3.63, 3.8) is 0 Å². The summed E-state index contributed by atoms with van der Waals surface area (Å²) in [6, 6.07) is 7.55. The van der Waals surface area contributed by atoms with E-state index in [2.05, 4.69) is 10.3 Å². The zero-order chi connectivity index (χ0) is 14.4. The lowest BCUT2D eigenvalue weighted by molar-refractivity contribution is 0.103. The van der Waals surface area contributed by atoms with Crippen LogP contribution in [0.25, 0.3) is 10.2 Å². The second kappa shape index (κ2) is 5.09. The van der Waals surface area contributed by atoms with E-state index in [-0.39, 0.29) is 5.91 Å². The molecule has 0 radical (unpaired) electrons. The molecule has 0 fully saturated rings. The number of hydrogen-bond donors (Lipinski definition) is 1. The van der Waals surface area contributed by atoms with Crippen molar-refractivity contribution in [3.8, 4) is 0 Å². The number of anilines is 1. The summed E-state index contributed by atoms with van der Waals surface area (Å²) < 4.78 is 0.978. The SMILES string of the molecule is O=C(Nc1nc2ccc(Cl)cc2s1)c1cc2c(s1)CCC2. The first-order valence-corrected chi connectivity index (χ1v) is 8.69. The predicted molar refractivity (Wildman–Crippen MR) is 88.9 cm³/mol. The monoisotopic (exact) mass is 334 g/mol. The van der Waals surface area contributed by atoms with Crippen LogP contribution in [0, 0.1) is 0 Å². The van der Waals surface area contributed by atoms with E-state index in [1.54, 1.807) is 17.4 Å². The maximum atomic E-state index is 12.3. The number of hydrogen-bond acceptors (Lipinski definition) is 4. The Balaban J connectivity index is 1.59. The third-order valence-electron chi connectivity index (χ3n) is 3.54. The molecule has 3 nitrogen and oxygen atoms in total. The van der Waals surface area contributed by atoms with E-state index in [0.717, 1.165) is 27.9 Å². The molecule has 106 valence electrons. The highest BCUT2D eigenvalue weighted by Gasteiger charge is 2.19. The molecule has 4 rings (SSSR count). The molecule has 2 heterocycles. The Bertz CT molecular complexity index is 831. The highest BCUT2D eigenvalue weighted by atomic mass is 35.5. The molecule has 0 saturated heterocycles. The van der Waals surface area contributed by atoms with Crippen molar-refractivity contribution in [3.05, 3.63) is 44.6 Å². The summed E-state index contributed by atoms with van der Waals surface area (Å²) >= 11 is 9.01. The Morgan fingerprint density at radius 3 is 3.00 bits per heavy atom. The molecule has 6 heteroatoms. The van der Waals surface area contributed by atoms with Gasteiger partial charge >= 0.3 is 0 Å². The van der Waals surface area contributed by atoms with Crippen molar-refractivity contribution < 1.29 is 4.79 Å². The first kappa shape index (κ1) is 13.2. The minimum Gasteiger partial charge on any atom is -0.297 e. The summed E-state index contributed by atoms with van der Waals surface area (Å²) in [5.41, 5.74) is 2.19. The summed E-state index contributed by atoms with van der Waals surface area (Å²) in [6.07, 6.45) is 3.41. The number of nitrogens with one attached hydrogen (secondary N) is 1. The van der Waals surface area contributed by atoms with Crippen LogP contribution in [0.5, 0.6) is 0 Å². The summed E-state index contributed by atoms with van der Waals surface area (Å²) in [5.74, 6) is -0.0699. The van der Waals surface area contributed by atoms with Crippen LogP contribution >= 0.6 is 34.3 Å². The minimum atomic E-state index is -0.0699.